The molecule has 1 fully saturated rings. The Bertz CT molecular complexity index is 2120. The molecule has 256 valence electrons. The number of nitrogens with zero attached hydrogens (tertiary/aromatic N) is 5. The molecule has 0 bridgehead atoms. The lowest BCUT2D eigenvalue weighted by Crippen LogP contribution is -2.64. The van der Waals surface area contributed by atoms with Gasteiger partial charge >= 0.3 is 0 Å². The number of nitrogen functional groups attached to an aromatic ring is 1. The van der Waals surface area contributed by atoms with E-state index in [1.807, 2.05) is 27.7 Å². The van der Waals surface area contributed by atoms with Crippen molar-refractivity contribution in [3.63, 3.8) is 0 Å². The summed E-state index contributed by atoms with van der Waals surface area (Å²) in [5.41, 5.74) is 3.38. The molecule has 0 radical (unpaired) electrons. The first-order valence-corrected chi connectivity index (χ1v) is 16.3. The molecule has 0 aliphatic carbocycles. The summed E-state index contributed by atoms with van der Waals surface area (Å²) < 4.78 is 50.6. The highest BCUT2D eigenvalue weighted by Crippen LogP contribution is 2.46. The molecule has 2 unspecified atom stereocenters. The average Bonchev–Trinajstić information content (AvgIpc) is 3.05. The van der Waals surface area contributed by atoms with Gasteiger partial charge in [-0.05, 0) is 37.0 Å². The molecule has 2 aliphatic heterocycles. The highest BCUT2D eigenvalue weighted by atomic mass is 35.5. The molecule has 49 heavy (non-hydrogen) atoms. The van der Waals surface area contributed by atoms with E-state index in [1.165, 1.54) is 11.2 Å². The van der Waals surface area contributed by atoms with Gasteiger partial charge in [0.25, 0.3) is 5.56 Å². The van der Waals surface area contributed by atoms with Gasteiger partial charge in [0.1, 0.15) is 23.9 Å². The lowest BCUT2D eigenvalue weighted by Gasteiger charge is -2.48. The van der Waals surface area contributed by atoms with Crippen LogP contribution in [0.15, 0.2) is 35.9 Å². The van der Waals surface area contributed by atoms with Crippen molar-refractivity contribution in [2.75, 3.05) is 29.0 Å². The molecule has 1 saturated heterocycles. The summed E-state index contributed by atoms with van der Waals surface area (Å²) in [6, 6.07) is 0.475. The van der Waals surface area contributed by atoms with E-state index in [-0.39, 0.29) is 52.4 Å². The predicted octanol–water partition coefficient (Wildman–Crippen LogP) is 6.54. The summed E-state index contributed by atoms with van der Waals surface area (Å²) >= 11 is 12.3. The smallest absolute Gasteiger partial charge is 0.281 e. The van der Waals surface area contributed by atoms with Gasteiger partial charge in [-0.2, -0.15) is 0 Å². The minimum atomic E-state index is -1.34. The number of nitrogens with one attached hydrogen (secondary N) is 1. The van der Waals surface area contributed by atoms with Crippen LogP contribution < -0.4 is 21.5 Å². The topological polar surface area (TPSA) is 126 Å². The number of hydrogen-bond donors (Lipinski definition) is 2. The number of anilines is 3. The van der Waals surface area contributed by atoms with E-state index in [0.29, 0.717) is 11.4 Å². The fraction of sp³-hybridized carbons (Fsp3) is 0.324. The van der Waals surface area contributed by atoms with Gasteiger partial charge in [-0.1, -0.05) is 57.5 Å². The zero-order chi connectivity index (χ0) is 35.8. The van der Waals surface area contributed by atoms with E-state index in [9.17, 15) is 14.4 Å². The van der Waals surface area contributed by atoms with Gasteiger partial charge in [0.2, 0.25) is 11.8 Å². The molecule has 2 aliphatic rings. The molecule has 2 aromatic carbocycles. The van der Waals surface area contributed by atoms with Crippen molar-refractivity contribution in [2.45, 2.75) is 58.5 Å². The number of carbonyl (C=O) groups is 2. The second kappa shape index (κ2) is 12.4. The number of carbonyl (C=O) groups excluding carboxylic acids is 2. The maximum Gasteiger partial charge on any atom is 0.281 e. The highest BCUT2D eigenvalue weighted by molar-refractivity contribution is 6.37. The van der Waals surface area contributed by atoms with Gasteiger partial charge in [0.05, 0.1) is 56.1 Å². The largest absolute Gasteiger partial charge is 0.397 e. The fourth-order valence-corrected chi connectivity index (χ4v) is 7.19. The van der Waals surface area contributed by atoms with Crippen LogP contribution >= 0.6 is 23.2 Å². The van der Waals surface area contributed by atoms with Crippen LogP contribution in [0, 0.1) is 17.5 Å². The van der Waals surface area contributed by atoms with E-state index < -0.39 is 74.3 Å². The lowest BCUT2D eigenvalue weighted by atomic mass is 9.94. The number of pyridine rings is 1. The minimum Gasteiger partial charge on any atom is -0.397 e. The van der Waals surface area contributed by atoms with Gasteiger partial charge in [0, 0.05) is 23.5 Å². The van der Waals surface area contributed by atoms with Gasteiger partial charge in [-0.25, -0.2) is 23.1 Å². The maximum absolute atomic E-state index is 17.5. The molecule has 2 atom stereocenters. The number of fused-ring (bicyclic) bond motifs is 5. The third-order valence-corrected chi connectivity index (χ3v) is 9.60. The van der Waals surface area contributed by atoms with Crippen LogP contribution in [0.4, 0.5) is 30.2 Å². The van der Waals surface area contributed by atoms with Crippen molar-refractivity contribution in [3.8, 4) is 16.8 Å². The summed E-state index contributed by atoms with van der Waals surface area (Å²) in [7, 11) is 0. The van der Waals surface area contributed by atoms with Crippen molar-refractivity contribution in [3.05, 3.63) is 80.4 Å². The van der Waals surface area contributed by atoms with Crippen molar-refractivity contribution >= 4 is 63.0 Å². The van der Waals surface area contributed by atoms with Crippen LogP contribution in [-0.4, -0.2) is 56.4 Å². The third kappa shape index (κ3) is 5.21. The summed E-state index contributed by atoms with van der Waals surface area (Å²) in [5, 5.41) is 1.78. The first-order chi connectivity index (χ1) is 23.1. The number of amides is 2. The van der Waals surface area contributed by atoms with Crippen LogP contribution in [0.2, 0.25) is 10.0 Å². The third-order valence-electron chi connectivity index (χ3n) is 9.01. The molecule has 2 aromatic heterocycles. The van der Waals surface area contributed by atoms with E-state index >= 15 is 13.2 Å². The Morgan fingerprint density at radius 2 is 1.63 bits per heavy atom. The maximum atomic E-state index is 17.5. The number of halogens is 5. The van der Waals surface area contributed by atoms with E-state index in [0.717, 1.165) is 22.8 Å². The molecule has 10 nitrogen and oxygen atoms in total. The van der Waals surface area contributed by atoms with Crippen molar-refractivity contribution in [1.82, 2.24) is 19.4 Å². The summed E-state index contributed by atoms with van der Waals surface area (Å²) in [5.74, 6) is -5.42. The van der Waals surface area contributed by atoms with Crippen LogP contribution in [-0.2, 0) is 9.59 Å². The Morgan fingerprint density at radius 3 is 2.22 bits per heavy atom. The lowest BCUT2D eigenvalue weighted by molar-refractivity contribution is -0.130. The second-order valence-corrected chi connectivity index (χ2v) is 13.6. The van der Waals surface area contributed by atoms with Crippen molar-refractivity contribution in [1.29, 1.82) is 0 Å². The van der Waals surface area contributed by atoms with Crippen LogP contribution in [0.5, 0.6) is 0 Å². The number of aromatic nitrogens is 3. The Hall–Kier alpha value is -4.62. The van der Waals surface area contributed by atoms with Gasteiger partial charge in [0.15, 0.2) is 11.6 Å². The van der Waals surface area contributed by atoms with E-state index in [2.05, 4.69) is 21.9 Å². The SMILES string of the molecule is C=CC(=O)N1CC2C(=O)Nc3c(c4cc(F)c(-c5c(N)c(Cl)cc(Cl)c5F)c(F)c4n(-c4c(C(C)C)ncnc4C(C)C)c3=O)N2CC1C. The molecule has 3 N–H and O–H groups in total. The predicted molar refractivity (Wildman–Crippen MR) is 184 cm³/mol. The Morgan fingerprint density at radius 1 is 1.00 bits per heavy atom. The molecule has 0 spiro atoms. The molecule has 6 rings (SSSR count). The minimum absolute atomic E-state index is 0.0304. The standard InChI is InChI=1S/C34H32Cl2F3N7O3/c1-7-21(47)44-11-20-33(48)43-29-31(45(20)10-15(44)6)16-8-19(37)22(23-24(38)17(35)9-18(36)26(23)40)25(39)30(16)46(34(29)49)32-27(13(2)3)41-12-42-28(32)14(4)5/h7-9,12-15,20H,1,10-11,40H2,2-6H3,(H,43,48). The number of benzene rings is 2. The second-order valence-electron chi connectivity index (χ2n) is 12.8. The van der Waals surface area contributed by atoms with Gasteiger partial charge < -0.3 is 20.9 Å². The molecule has 0 saturated carbocycles. The van der Waals surface area contributed by atoms with E-state index in [4.69, 9.17) is 28.9 Å². The zero-order valence-corrected chi connectivity index (χ0v) is 28.7. The van der Waals surface area contributed by atoms with E-state index in [1.54, 1.807) is 11.8 Å². The summed E-state index contributed by atoms with van der Waals surface area (Å²) in [6.07, 6.45) is 2.47. The molecule has 4 aromatic rings. The molecule has 2 amide bonds. The number of hydrogen-bond acceptors (Lipinski definition) is 7. The first-order valence-electron chi connectivity index (χ1n) is 15.5. The number of piperazine rings is 1. The van der Waals surface area contributed by atoms with Gasteiger partial charge in [-0.3, -0.25) is 19.0 Å². The zero-order valence-electron chi connectivity index (χ0n) is 27.2. The molecular formula is C34H32Cl2F3N7O3. The number of nitrogens with two attached hydrogens (primary N) is 1. The fourth-order valence-electron chi connectivity index (χ4n) is 6.72. The Balaban J connectivity index is 1.81. The van der Waals surface area contributed by atoms with Crippen LogP contribution in [0.1, 0.15) is 57.8 Å². The monoisotopic (exact) mass is 713 g/mol. The van der Waals surface area contributed by atoms with Crippen LogP contribution in [0.25, 0.3) is 27.7 Å². The quantitative estimate of drug-likeness (QED) is 0.137. The Kier molecular flexibility index (Phi) is 8.64. The molecule has 15 heteroatoms. The molecule has 4 heterocycles. The highest BCUT2D eigenvalue weighted by Gasteiger charge is 2.44. The van der Waals surface area contributed by atoms with Gasteiger partial charge in [-0.15, -0.1) is 0 Å². The van der Waals surface area contributed by atoms with Crippen molar-refractivity contribution < 1.29 is 22.8 Å². The first kappa shape index (κ1) is 34.3. The average molecular weight is 715 g/mol. The van der Waals surface area contributed by atoms with Crippen molar-refractivity contribution in [2.24, 2.45) is 0 Å². The normalized spacial score (nSPS) is 17.4. The summed E-state index contributed by atoms with van der Waals surface area (Å²) in [6.45, 7) is 12.5. The van der Waals surface area contributed by atoms with Crippen LogP contribution in [0.3, 0.4) is 0 Å². The Labute approximate surface area is 289 Å². The number of rotatable bonds is 5. The molecular weight excluding hydrogens is 682 g/mol. The summed E-state index contributed by atoms with van der Waals surface area (Å²) in [4.78, 5) is 53.0.